The highest BCUT2D eigenvalue weighted by molar-refractivity contribution is 5.81. The summed E-state index contributed by atoms with van der Waals surface area (Å²) in [5.74, 6) is 0.912. The molecule has 0 bridgehead atoms. The second-order valence-corrected chi connectivity index (χ2v) is 4.13. The molecule has 0 aliphatic heterocycles. The number of hydrogen-bond donors (Lipinski definition) is 0. The topological polar surface area (TPSA) is 23.4 Å². The Labute approximate surface area is 102 Å². The van der Waals surface area contributed by atoms with Gasteiger partial charge in [-0.1, -0.05) is 0 Å². The summed E-state index contributed by atoms with van der Waals surface area (Å²) >= 11 is 0. The summed E-state index contributed by atoms with van der Waals surface area (Å²) in [6.07, 6.45) is 4.38. The van der Waals surface area contributed by atoms with E-state index in [2.05, 4.69) is 29.0 Å². The number of fused-ring (bicyclic) bond motifs is 1. The molecule has 0 N–H and O–H groups in total. The first kappa shape index (κ1) is 12.0. The van der Waals surface area contributed by atoms with Gasteiger partial charge in [0.25, 0.3) is 0 Å². The van der Waals surface area contributed by atoms with Crippen LogP contribution in [0.5, 0.6) is 5.75 Å². The van der Waals surface area contributed by atoms with Crippen molar-refractivity contribution < 1.29 is 9.47 Å². The Morgan fingerprint density at radius 2 is 2.00 bits per heavy atom. The molecule has 0 aliphatic carbocycles. The van der Waals surface area contributed by atoms with Gasteiger partial charge in [-0.25, -0.2) is 0 Å². The quantitative estimate of drug-likeness (QED) is 0.716. The van der Waals surface area contributed by atoms with Crippen molar-refractivity contribution >= 4 is 10.9 Å². The van der Waals surface area contributed by atoms with E-state index >= 15 is 0 Å². The lowest BCUT2D eigenvalue weighted by molar-refractivity contribution is 0.191. The van der Waals surface area contributed by atoms with Crippen molar-refractivity contribution in [1.82, 2.24) is 4.57 Å². The lowest BCUT2D eigenvalue weighted by Crippen LogP contribution is -1.98. The number of rotatable bonds is 6. The average Bonchev–Trinajstić information content (AvgIpc) is 2.77. The maximum Gasteiger partial charge on any atom is 0.119 e. The SMILES string of the molecule is COCCCCn1ccc2cc(OC)ccc21. The van der Waals surface area contributed by atoms with E-state index in [0.29, 0.717) is 0 Å². The highest BCUT2D eigenvalue weighted by atomic mass is 16.5. The summed E-state index contributed by atoms with van der Waals surface area (Å²) < 4.78 is 12.6. The van der Waals surface area contributed by atoms with Crippen LogP contribution in [-0.2, 0) is 11.3 Å². The summed E-state index contributed by atoms with van der Waals surface area (Å²) in [6.45, 7) is 1.88. The molecule has 92 valence electrons. The molecule has 1 heterocycles. The van der Waals surface area contributed by atoms with Gasteiger partial charge in [0.15, 0.2) is 0 Å². The van der Waals surface area contributed by atoms with Crippen LogP contribution in [0.4, 0.5) is 0 Å². The van der Waals surface area contributed by atoms with E-state index in [0.717, 1.165) is 31.7 Å². The Bertz CT molecular complexity index is 476. The Balaban J connectivity index is 2.08. The van der Waals surface area contributed by atoms with Gasteiger partial charge in [-0.15, -0.1) is 0 Å². The Morgan fingerprint density at radius 1 is 1.12 bits per heavy atom. The second kappa shape index (κ2) is 5.73. The van der Waals surface area contributed by atoms with Gasteiger partial charge in [-0.05, 0) is 37.1 Å². The fourth-order valence-electron chi connectivity index (χ4n) is 2.03. The molecule has 0 unspecified atom stereocenters. The van der Waals surface area contributed by atoms with E-state index in [1.54, 1.807) is 14.2 Å². The van der Waals surface area contributed by atoms with E-state index in [-0.39, 0.29) is 0 Å². The number of benzene rings is 1. The molecular weight excluding hydrogens is 214 g/mol. The normalized spacial score (nSPS) is 10.9. The van der Waals surface area contributed by atoms with Gasteiger partial charge in [-0.2, -0.15) is 0 Å². The minimum absolute atomic E-state index is 0.840. The van der Waals surface area contributed by atoms with Gasteiger partial charge in [0.05, 0.1) is 7.11 Å². The van der Waals surface area contributed by atoms with Crippen LogP contribution < -0.4 is 4.74 Å². The van der Waals surface area contributed by atoms with Crippen LogP contribution >= 0.6 is 0 Å². The van der Waals surface area contributed by atoms with Gasteiger partial charge in [0.1, 0.15) is 5.75 Å². The van der Waals surface area contributed by atoms with Crippen molar-refractivity contribution in [2.45, 2.75) is 19.4 Å². The molecule has 0 spiro atoms. The molecular formula is C14H19NO2. The van der Waals surface area contributed by atoms with Gasteiger partial charge >= 0.3 is 0 Å². The second-order valence-electron chi connectivity index (χ2n) is 4.13. The first-order chi connectivity index (χ1) is 8.35. The maximum atomic E-state index is 5.22. The van der Waals surface area contributed by atoms with Crippen molar-refractivity contribution in [2.75, 3.05) is 20.8 Å². The Kier molecular flexibility index (Phi) is 4.04. The summed E-state index contributed by atoms with van der Waals surface area (Å²) in [7, 11) is 3.44. The highest BCUT2D eigenvalue weighted by Crippen LogP contribution is 2.22. The van der Waals surface area contributed by atoms with Crippen molar-refractivity contribution in [1.29, 1.82) is 0 Å². The number of nitrogens with zero attached hydrogens (tertiary/aromatic N) is 1. The first-order valence-corrected chi connectivity index (χ1v) is 5.97. The van der Waals surface area contributed by atoms with E-state index in [1.165, 1.54) is 10.9 Å². The van der Waals surface area contributed by atoms with Gasteiger partial charge in [0.2, 0.25) is 0 Å². The fraction of sp³-hybridized carbons (Fsp3) is 0.429. The molecule has 1 aromatic carbocycles. The van der Waals surface area contributed by atoms with Crippen LogP contribution in [-0.4, -0.2) is 25.4 Å². The predicted octanol–water partition coefficient (Wildman–Crippen LogP) is 3.08. The van der Waals surface area contributed by atoms with Gasteiger partial charge in [0, 0.05) is 37.4 Å². The van der Waals surface area contributed by atoms with Crippen LogP contribution in [0.1, 0.15) is 12.8 Å². The number of unbranched alkanes of at least 4 members (excludes halogenated alkanes) is 1. The molecule has 0 radical (unpaired) electrons. The molecule has 0 amide bonds. The molecule has 3 heteroatoms. The van der Waals surface area contributed by atoms with Crippen LogP contribution in [0.2, 0.25) is 0 Å². The van der Waals surface area contributed by atoms with Crippen LogP contribution in [0.3, 0.4) is 0 Å². The fourth-order valence-corrected chi connectivity index (χ4v) is 2.03. The van der Waals surface area contributed by atoms with E-state index in [9.17, 15) is 0 Å². The molecule has 0 aliphatic rings. The molecule has 2 aromatic rings. The third-order valence-electron chi connectivity index (χ3n) is 2.98. The lowest BCUT2D eigenvalue weighted by atomic mass is 10.2. The number of ether oxygens (including phenoxy) is 2. The van der Waals surface area contributed by atoms with Crippen LogP contribution in [0, 0.1) is 0 Å². The molecule has 0 saturated carbocycles. The molecule has 0 atom stereocenters. The largest absolute Gasteiger partial charge is 0.497 e. The zero-order valence-corrected chi connectivity index (χ0v) is 10.5. The third-order valence-corrected chi connectivity index (χ3v) is 2.98. The Hall–Kier alpha value is -1.48. The maximum absolute atomic E-state index is 5.22. The lowest BCUT2D eigenvalue weighted by Gasteiger charge is -2.06. The number of aromatic nitrogens is 1. The van der Waals surface area contributed by atoms with Crippen LogP contribution in [0.25, 0.3) is 10.9 Å². The van der Waals surface area contributed by atoms with E-state index < -0.39 is 0 Å². The molecule has 1 aromatic heterocycles. The molecule has 0 saturated heterocycles. The number of aryl methyl sites for hydroxylation is 1. The van der Waals surface area contributed by atoms with Crippen molar-refractivity contribution in [2.24, 2.45) is 0 Å². The smallest absolute Gasteiger partial charge is 0.119 e. The highest BCUT2D eigenvalue weighted by Gasteiger charge is 2.02. The standard InChI is InChI=1S/C14H19NO2/c1-16-10-4-3-8-15-9-7-12-11-13(17-2)5-6-14(12)15/h5-7,9,11H,3-4,8,10H2,1-2H3. The molecule has 0 fully saturated rings. The van der Waals surface area contributed by atoms with Crippen molar-refractivity contribution in [3.8, 4) is 5.75 Å². The monoisotopic (exact) mass is 233 g/mol. The van der Waals surface area contributed by atoms with Crippen LogP contribution in [0.15, 0.2) is 30.5 Å². The molecule has 3 nitrogen and oxygen atoms in total. The molecule has 17 heavy (non-hydrogen) atoms. The summed E-state index contributed by atoms with van der Waals surface area (Å²) in [4.78, 5) is 0. The number of hydrogen-bond acceptors (Lipinski definition) is 2. The van der Waals surface area contributed by atoms with Crippen molar-refractivity contribution in [3.05, 3.63) is 30.5 Å². The number of methoxy groups -OCH3 is 2. The Morgan fingerprint density at radius 3 is 2.76 bits per heavy atom. The van der Waals surface area contributed by atoms with Gasteiger partial charge < -0.3 is 14.0 Å². The van der Waals surface area contributed by atoms with E-state index in [4.69, 9.17) is 9.47 Å². The van der Waals surface area contributed by atoms with Crippen molar-refractivity contribution in [3.63, 3.8) is 0 Å². The predicted molar refractivity (Wildman–Crippen MR) is 69.6 cm³/mol. The first-order valence-electron chi connectivity index (χ1n) is 5.97. The minimum Gasteiger partial charge on any atom is -0.497 e. The zero-order chi connectivity index (χ0) is 12.1. The zero-order valence-electron chi connectivity index (χ0n) is 10.5. The summed E-state index contributed by atoms with van der Waals surface area (Å²) in [6, 6.07) is 8.33. The van der Waals surface area contributed by atoms with E-state index in [1.807, 2.05) is 6.07 Å². The third kappa shape index (κ3) is 2.80. The van der Waals surface area contributed by atoms with Gasteiger partial charge in [-0.3, -0.25) is 0 Å². The summed E-state index contributed by atoms with van der Waals surface area (Å²) in [5, 5.41) is 1.23. The molecule has 2 rings (SSSR count). The average molecular weight is 233 g/mol. The summed E-state index contributed by atoms with van der Waals surface area (Å²) in [5.41, 5.74) is 1.27. The minimum atomic E-state index is 0.840.